The number of hydrogen-bond acceptors (Lipinski definition) is 9. The Labute approximate surface area is 269 Å². The number of hydrogen-bond donors (Lipinski definition) is 3. The molecule has 0 atom stereocenters. The molecule has 0 saturated carbocycles. The van der Waals surface area contributed by atoms with Gasteiger partial charge in [0.2, 0.25) is 0 Å². The molecule has 10 heteroatoms. The molecule has 0 unspecified atom stereocenters. The average molecular weight is 616 g/mol. The third-order valence-corrected chi connectivity index (χ3v) is 9.75. The first kappa shape index (κ1) is 31.8. The summed E-state index contributed by atoms with van der Waals surface area (Å²) in [6, 6.07) is 9.90. The molecule has 3 aliphatic heterocycles. The Hall–Kier alpha value is -3.21. The lowest BCUT2D eigenvalue weighted by Gasteiger charge is -2.43. The van der Waals surface area contributed by atoms with Crippen LogP contribution in [0.5, 0.6) is 0 Å². The molecule has 6 rings (SSSR count). The minimum absolute atomic E-state index is 0.182. The van der Waals surface area contributed by atoms with E-state index in [0.29, 0.717) is 12.0 Å². The summed E-state index contributed by atoms with van der Waals surface area (Å²) in [6.45, 7) is 19.5. The summed E-state index contributed by atoms with van der Waals surface area (Å²) in [5.41, 5.74) is 7.33. The molecule has 1 aromatic carbocycles. The van der Waals surface area contributed by atoms with Crippen LogP contribution in [0.3, 0.4) is 0 Å². The molecule has 2 aromatic heterocycles. The highest BCUT2D eigenvalue weighted by Gasteiger charge is 2.28. The van der Waals surface area contributed by atoms with Crippen LogP contribution in [0.1, 0.15) is 82.2 Å². The number of anilines is 4. The lowest BCUT2D eigenvalue weighted by Crippen LogP contribution is -2.52. The van der Waals surface area contributed by atoms with E-state index in [-0.39, 0.29) is 12.0 Å². The number of piperidine rings is 1. The number of aromatic nitrogens is 4. The SMILES string of the molecule is Cc1cc(-c2nc(C(C)C)c(Nc3ccc(N4CCC(N5CCN(C)CC5)CC4)c(C(C)C)c3)nc2NC2CCOCC2)n[nH]1. The van der Waals surface area contributed by atoms with Gasteiger partial charge in [0.25, 0.3) is 0 Å². The molecule has 3 saturated heterocycles. The number of piperazine rings is 1. The van der Waals surface area contributed by atoms with Gasteiger partial charge in [0.05, 0.1) is 5.69 Å². The zero-order chi connectivity index (χ0) is 31.5. The molecule has 10 nitrogen and oxygen atoms in total. The monoisotopic (exact) mass is 615 g/mol. The molecule has 244 valence electrons. The maximum atomic E-state index is 5.62. The van der Waals surface area contributed by atoms with Crippen LogP contribution in [-0.2, 0) is 4.74 Å². The smallest absolute Gasteiger partial charge is 0.157 e. The maximum absolute atomic E-state index is 5.62. The fourth-order valence-corrected chi connectivity index (χ4v) is 6.98. The number of ether oxygens (including phenoxy) is 1. The molecular formula is C35H53N9O. The second-order valence-electron chi connectivity index (χ2n) is 13.9. The number of H-pyrrole nitrogens is 1. The second kappa shape index (κ2) is 14.1. The van der Waals surface area contributed by atoms with Gasteiger partial charge in [-0.2, -0.15) is 5.10 Å². The summed E-state index contributed by atoms with van der Waals surface area (Å²) in [6.07, 6.45) is 4.36. The van der Waals surface area contributed by atoms with Crippen molar-refractivity contribution in [1.29, 1.82) is 0 Å². The van der Waals surface area contributed by atoms with Crippen molar-refractivity contribution in [3.63, 3.8) is 0 Å². The van der Waals surface area contributed by atoms with Gasteiger partial charge in [0.1, 0.15) is 11.4 Å². The average Bonchev–Trinajstić information content (AvgIpc) is 3.48. The third-order valence-electron chi connectivity index (χ3n) is 9.75. The third kappa shape index (κ3) is 7.45. The first-order valence-electron chi connectivity index (χ1n) is 17.1. The standard InChI is InChI=1S/C35H53N9O/c1-23(2)29-22-27(7-8-31(29)44-13-9-28(10-14-44)43-17-15-42(6)16-18-43)37-34-32(24(3)4)38-33(30-21-25(5)40-41-30)35(39-34)36-26-11-19-45-20-12-26/h7-8,21-24,26,28H,9-20H2,1-6H3,(H,40,41)(H2,36,37,39). The van der Waals surface area contributed by atoms with Crippen LogP contribution in [-0.4, -0.2) is 102 Å². The van der Waals surface area contributed by atoms with Gasteiger partial charge in [-0.05, 0) is 81.3 Å². The number of nitrogens with zero attached hydrogens (tertiary/aromatic N) is 6. The van der Waals surface area contributed by atoms with E-state index in [1.165, 1.54) is 50.3 Å². The number of benzene rings is 1. The Morgan fingerprint density at radius 1 is 0.867 bits per heavy atom. The highest BCUT2D eigenvalue weighted by molar-refractivity contribution is 5.74. The van der Waals surface area contributed by atoms with E-state index in [4.69, 9.17) is 14.7 Å². The number of aromatic amines is 1. The van der Waals surface area contributed by atoms with Crippen molar-refractivity contribution >= 4 is 23.0 Å². The summed E-state index contributed by atoms with van der Waals surface area (Å²) >= 11 is 0. The predicted molar refractivity (Wildman–Crippen MR) is 184 cm³/mol. The molecule has 3 fully saturated rings. The largest absolute Gasteiger partial charge is 0.381 e. The van der Waals surface area contributed by atoms with Crippen LogP contribution in [0.4, 0.5) is 23.0 Å². The van der Waals surface area contributed by atoms with E-state index in [1.54, 1.807) is 0 Å². The number of rotatable bonds is 9. The van der Waals surface area contributed by atoms with Gasteiger partial charge in [-0.15, -0.1) is 0 Å². The second-order valence-corrected chi connectivity index (χ2v) is 13.9. The first-order valence-corrected chi connectivity index (χ1v) is 17.1. The van der Waals surface area contributed by atoms with Crippen LogP contribution >= 0.6 is 0 Å². The normalized spacial score (nSPS) is 19.5. The summed E-state index contributed by atoms with van der Waals surface area (Å²) in [4.78, 5) is 18.2. The van der Waals surface area contributed by atoms with Gasteiger partial charge in [0, 0.05) is 81.6 Å². The summed E-state index contributed by atoms with van der Waals surface area (Å²) in [7, 11) is 2.24. The predicted octanol–water partition coefficient (Wildman–Crippen LogP) is 5.97. The summed E-state index contributed by atoms with van der Waals surface area (Å²) < 4.78 is 5.62. The Morgan fingerprint density at radius 2 is 1.60 bits per heavy atom. The van der Waals surface area contributed by atoms with Crippen molar-refractivity contribution in [3.8, 4) is 11.4 Å². The fourth-order valence-electron chi connectivity index (χ4n) is 6.98. The minimum Gasteiger partial charge on any atom is -0.381 e. The molecule has 0 amide bonds. The Bertz CT molecular complexity index is 1410. The number of likely N-dealkylation sites (N-methyl/N-ethyl adjacent to an activating group) is 1. The van der Waals surface area contributed by atoms with Crippen LogP contribution in [0, 0.1) is 6.92 Å². The highest BCUT2D eigenvalue weighted by Crippen LogP contribution is 2.36. The van der Waals surface area contributed by atoms with Crippen molar-refractivity contribution in [2.45, 2.75) is 84.2 Å². The molecule has 3 aromatic rings. The molecule has 0 bridgehead atoms. The van der Waals surface area contributed by atoms with E-state index in [9.17, 15) is 0 Å². The highest BCUT2D eigenvalue weighted by atomic mass is 16.5. The number of aryl methyl sites for hydroxylation is 1. The maximum Gasteiger partial charge on any atom is 0.157 e. The quantitative estimate of drug-likeness (QED) is 0.269. The van der Waals surface area contributed by atoms with E-state index < -0.39 is 0 Å². The van der Waals surface area contributed by atoms with Crippen molar-refractivity contribution in [2.24, 2.45) is 0 Å². The van der Waals surface area contributed by atoms with E-state index in [2.05, 4.69) is 88.5 Å². The van der Waals surface area contributed by atoms with Crippen LogP contribution in [0.15, 0.2) is 24.3 Å². The number of nitrogens with one attached hydrogen (secondary N) is 3. The lowest BCUT2D eigenvalue weighted by atomic mass is 9.96. The first-order chi connectivity index (χ1) is 21.7. The molecule has 5 heterocycles. The van der Waals surface area contributed by atoms with Gasteiger partial charge in [-0.1, -0.05) is 27.7 Å². The molecule has 3 N–H and O–H groups in total. The Balaban J connectivity index is 1.25. The molecule has 0 radical (unpaired) electrons. The zero-order valence-electron chi connectivity index (χ0n) is 28.2. The summed E-state index contributed by atoms with van der Waals surface area (Å²) in [5.74, 6) is 2.15. The summed E-state index contributed by atoms with van der Waals surface area (Å²) in [5, 5.41) is 15.0. The van der Waals surface area contributed by atoms with Gasteiger partial charge in [0.15, 0.2) is 11.6 Å². The zero-order valence-corrected chi connectivity index (χ0v) is 28.2. The Kier molecular flexibility index (Phi) is 9.92. The van der Waals surface area contributed by atoms with Crippen molar-refractivity contribution in [1.82, 2.24) is 30.0 Å². The van der Waals surface area contributed by atoms with Gasteiger partial charge in [-0.25, -0.2) is 9.97 Å². The molecule has 0 spiro atoms. The van der Waals surface area contributed by atoms with Gasteiger partial charge >= 0.3 is 0 Å². The van der Waals surface area contributed by atoms with Gasteiger partial charge in [-0.3, -0.25) is 10.00 Å². The minimum atomic E-state index is 0.182. The van der Waals surface area contributed by atoms with E-state index in [1.807, 2.05) is 13.0 Å². The topological polar surface area (TPSA) is 97.5 Å². The fraction of sp³-hybridized carbons (Fsp3) is 0.629. The van der Waals surface area contributed by atoms with E-state index in [0.717, 1.165) is 79.2 Å². The van der Waals surface area contributed by atoms with Crippen molar-refractivity contribution in [2.75, 3.05) is 75.1 Å². The van der Waals surface area contributed by atoms with Gasteiger partial charge < -0.3 is 25.2 Å². The van der Waals surface area contributed by atoms with Crippen LogP contribution in [0.2, 0.25) is 0 Å². The van der Waals surface area contributed by atoms with Crippen molar-refractivity contribution in [3.05, 3.63) is 41.2 Å². The van der Waals surface area contributed by atoms with E-state index >= 15 is 0 Å². The Morgan fingerprint density at radius 3 is 2.24 bits per heavy atom. The molecule has 3 aliphatic rings. The van der Waals surface area contributed by atoms with Crippen LogP contribution in [0.25, 0.3) is 11.4 Å². The van der Waals surface area contributed by atoms with Crippen molar-refractivity contribution < 1.29 is 4.74 Å². The lowest BCUT2D eigenvalue weighted by molar-refractivity contribution is 0.0904. The molecule has 0 aliphatic carbocycles. The molecular weight excluding hydrogens is 562 g/mol. The molecule has 45 heavy (non-hydrogen) atoms. The van der Waals surface area contributed by atoms with Crippen LogP contribution < -0.4 is 15.5 Å².